The van der Waals surface area contributed by atoms with Crippen molar-refractivity contribution >= 4 is 23.9 Å². The Morgan fingerprint density at radius 3 is 2.26 bits per heavy atom. The third kappa shape index (κ3) is 6.81. The lowest BCUT2D eigenvalue weighted by atomic mass is 10.1. The molecule has 9 nitrogen and oxygen atoms in total. The van der Waals surface area contributed by atoms with Gasteiger partial charge in [-0.15, -0.1) is 0 Å². The van der Waals surface area contributed by atoms with E-state index >= 15 is 0 Å². The van der Waals surface area contributed by atoms with Crippen LogP contribution in [0, 0.1) is 0 Å². The smallest absolute Gasteiger partial charge is 0.429 e. The topological polar surface area (TPSA) is 105 Å². The second-order valence-electron chi connectivity index (χ2n) is 7.85. The van der Waals surface area contributed by atoms with E-state index in [-0.39, 0.29) is 38.4 Å². The van der Waals surface area contributed by atoms with E-state index in [9.17, 15) is 19.2 Å². The molecule has 1 atom stereocenters. The van der Waals surface area contributed by atoms with E-state index in [1.165, 1.54) is 7.11 Å². The second-order valence-corrected chi connectivity index (χ2v) is 7.85. The van der Waals surface area contributed by atoms with Crippen LogP contribution in [-0.4, -0.2) is 60.1 Å². The number of hydrogen-bond donors (Lipinski definition) is 1. The van der Waals surface area contributed by atoms with E-state index in [0.29, 0.717) is 12.8 Å². The van der Waals surface area contributed by atoms with Gasteiger partial charge in [0.15, 0.2) is 6.04 Å². The van der Waals surface area contributed by atoms with Gasteiger partial charge in [-0.05, 0) is 24.0 Å². The van der Waals surface area contributed by atoms with Gasteiger partial charge >= 0.3 is 12.1 Å². The molecule has 0 aromatic heterocycles. The van der Waals surface area contributed by atoms with Crippen LogP contribution < -0.4 is 5.32 Å². The largest absolute Gasteiger partial charge is 0.467 e. The third-order valence-corrected chi connectivity index (χ3v) is 5.42. The van der Waals surface area contributed by atoms with E-state index in [0.717, 1.165) is 21.1 Å². The Morgan fingerprint density at radius 1 is 0.971 bits per heavy atom. The SMILES string of the molecule is COC(=O)[C@@H]1CCCN(C(=O)OCc2ccccc2)N1C(=O)CCNC(=O)Cc1ccccc1. The lowest BCUT2D eigenvalue weighted by Gasteiger charge is -2.41. The third-order valence-electron chi connectivity index (χ3n) is 5.42. The maximum Gasteiger partial charge on any atom is 0.429 e. The Morgan fingerprint density at radius 2 is 1.62 bits per heavy atom. The van der Waals surface area contributed by atoms with Gasteiger partial charge in [0, 0.05) is 19.5 Å². The van der Waals surface area contributed by atoms with Crippen LogP contribution in [-0.2, 0) is 36.9 Å². The van der Waals surface area contributed by atoms with Crippen molar-refractivity contribution in [2.24, 2.45) is 0 Å². The molecule has 2 aromatic carbocycles. The van der Waals surface area contributed by atoms with Crippen molar-refractivity contribution in [3.63, 3.8) is 0 Å². The van der Waals surface area contributed by atoms with Gasteiger partial charge in [-0.3, -0.25) is 9.59 Å². The molecule has 34 heavy (non-hydrogen) atoms. The molecule has 0 unspecified atom stereocenters. The molecule has 0 bridgehead atoms. The number of carbonyl (C=O) groups excluding carboxylic acids is 4. The molecule has 0 radical (unpaired) electrons. The number of hydrazine groups is 1. The Balaban J connectivity index is 1.61. The monoisotopic (exact) mass is 467 g/mol. The highest BCUT2D eigenvalue weighted by Gasteiger charge is 2.40. The fourth-order valence-corrected chi connectivity index (χ4v) is 3.74. The minimum Gasteiger partial charge on any atom is -0.467 e. The number of methoxy groups -OCH3 is 1. The van der Waals surface area contributed by atoms with Crippen LogP contribution >= 0.6 is 0 Å². The number of ether oxygens (including phenoxy) is 2. The quantitative estimate of drug-likeness (QED) is 0.598. The lowest BCUT2D eigenvalue weighted by Crippen LogP contribution is -2.60. The maximum atomic E-state index is 13.1. The fraction of sp³-hybridized carbons (Fsp3) is 0.360. The summed E-state index contributed by atoms with van der Waals surface area (Å²) >= 11 is 0. The number of nitrogens with zero attached hydrogens (tertiary/aromatic N) is 2. The number of rotatable bonds is 8. The molecule has 9 heteroatoms. The van der Waals surface area contributed by atoms with Crippen molar-refractivity contribution in [1.82, 2.24) is 15.3 Å². The Hall–Kier alpha value is -3.88. The first-order valence-corrected chi connectivity index (χ1v) is 11.2. The van der Waals surface area contributed by atoms with Crippen LogP contribution in [0.1, 0.15) is 30.4 Å². The molecule has 0 spiro atoms. The first-order chi connectivity index (χ1) is 16.5. The first-order valence-electron chi connectivity index (χ1n) is 11.2. The molecule has 180 valence electrons. The summed E-state index contributed by atoms with van der Waals surface area (Å²) in [4.78, 5) is 50.4. The summed E-state index contributed by atoms with van der Waals surface area (Å²) in [5.41, 5.74) is 1.66. The molecule has 1 fully saturated rings. The molecular formula is C25H29N3O6. The van der Waals surface area contributed by atoms with Gasteiger partial charge in [-0.25, -0.2) is 19.6 Å². The maximum absolute atomic E-state index is 13.1. The predicted octanol–water partition coefficient (Wildman–Crippen LogP) is 2.45. The molecule has 0 aliphatic carbocycles. The molecule has 3 rings (SSSR count). The zero-order chi connectivity index (χ0) is 24.3. The molecular weight excluding hydrogens is 438 g/mol. The molecule has 1 saturated heterocycles. The van der Waals surface area contributed by atoms with Gasteiger partial charge in [0.2, 0.25) is 11.8 Å². The van der Waals surface area contributed by atoms with E-state index < -0.39 is 24.0 Å². The van der Waals surface area contributed by atoms with Crippen molar-refractivity contribution < 1.29 is 28.7 Å². The minimum atomic E-state index is -0.935. The number of esters is 1. The van der Waals surface area contributed by atoms with Gasteiger partial charge in [-0.2, -0.15) is 0 Å². The number of amides is 3. The summed E-state index contributed by atoms with van der Waals surface area (Å²) in [5, 5.41) is 4.98. The van der Waals surface area contributed by atoms with Gasteiger partial charge in [-0.1, -0.05) is 60.7 Å². The van der Waals surface area contributed by atoms with Gasteiger partial charge in [0.25, 0.3) is 0 Å². The summed E-state index contributed by atoms with van der Waals surface area (Å²) in [5.74, 6) is -1.31. The molecule has 1 heterocycles. The molecule has 3 amide bonds. The number of nitrogens with one attached hydrogen (secondary N) is 1. The van der Waals surface area contributed by atoms with Gasteiger partial charge < -0.3 is 14.8 Å². The highest BCUT2D eigenvalue weighted by molar-refractivity contribution is 5.87. The normalized spacial score (nSPS) is 15.4. The van der Waals surface area contributed by atoms with Crippen LogP contribution in [0.15, 0.2) is 60.7 Å². The van der Waals surface area contributed by atoms with Crippen molar-refractivity contribution in [1.29, 1.82) is 0 Å². The van der Waals surface area contributed by atoms with E-state index in [1.54, 1.807) is 0 Å². The fourth-order valence-electron chi connectivity index (χ4n) is 3.74. The highest BCUT2D eigenvalue weighted by atomic mass is 16.6. The highest BCUT2D eigenvalue weighted by Crippen LogP contribution is 2.22. The zero-order valence-electron chi connectivity index (χ0n) is 19.1. The van der Waals surface area contributed by atoms with Crippen molar-refractivity contribution in [3.05, 3.63) is 71.8 Å². The van der Waals surface area contributed by atoms with Crippen LogP contribution in [0.3, 0.4) is 0 Å². The first kappa shape index (κ1) is 24.8. The lowest BCUT2D eigenvalue weighted by molar-refractivity contribution is -0.172. The summed E-state index contributed by atoms with van der Waals surface area (Å²) < 4.78 is 10.2. The molecule has 0 saturated carbocycles. The van der Waals surface area contributed by atoms with Crippen molar-refractivity contribution in [2.45, 2.75) is 38.3 Å². The van der Waals surface area contributed by atoms with E-state index in [2.05, 4.69) is 5.32 Å². The van der Waals surface area contributed by atoms with Crippen LogP contribution in [0.4, 0.5) is 4.79 Å². The molecule has 1 aliphatic heterocycles. The Bertz CT molecular complexity index is 983. The Labute approximate surface area is 198 Å². The van der Waals surface area contributed by atoms with Crippen LogP contribution in [0.25, 0.3) is 0 Å². The average Bonchev–Trinajstić information content (AvgIpc) is 2.87. The van der Waals surface area contributed by atoms with Crippen molar-refractivity contribution in [2.75, 3.05) is 20.2 Å². The number of hydrogen-bond acceptors (Lipinski definition) is 6. The summed E-state index contributed by atoms with van der Waals surface area (Å²) in [7, 11) is 1.24. The number of benzene rings is 2. The van der Waals surface area contributed by atoms with Crippen molar-refractivity contribution in [3.8, 4) is 0 Å². The van der Waals surface area contributed by atoms with E-state index in [1.807, 2.05) is 60.7 Å². The summed E-state index contributed by atoms with van der Waals surface area (Å²) in [6, 6.07) is 17.5. The van der Waals surface area contributed by atoms with Gasteiger partial charge in [0.05, 0.1) is 13.5 Å². The molecule has 1 aliphatic rings. The van der Waals surface area contributed by atoms with E-state index in [4.69, 9.17) is 9.47 Å². The molecule has 2 aromatic rings. The molecule has 1 N–H and O–H groups in total. The van der Waals surface area contributed by atoms with Gasteiger partial charge in [0.1, 0.15) is 6.61 Å². The summed E-state index contributed by atoms with van der Waals surface area (Å²) in [6.07, 6.45) is 0.260. The zero-order valence-corrected chi connectivity index (χ0v) is 19.1. The predicted molar refractivity (Wildman–Crippen MR) is 123 cm³/mol. The van der Waals surface area contributed by atoms with Crippen LogP contribution in [0.5, 0.6) is 0 Å². The number of carbonyl (C=O) groups is 4. The second kappa shape index (κ2) is 12.4. The average molecular weight is 468 g/mol. The standard InChI is InChI=1S/C25H29N3O6/c1-33-24(31)21-13-8-16-27(25(32)34-18-20-11-6-3-7-12-20)28(21)23(30)14-15-26-22(29)17-19-9-4-2-5-10-19/h2-7,9-12,21H,8,13-18H2,1H3,(H,26,29)/t21-/m0/s1. The Kier molecular flexibility index (Phi) is 9.02. The summed E-state index contributed by atoms with van der Waals surface area (Å²) in [6.45, 7) is 0.339. The minimum absolute atomic E-state index is 0.0383. The van der Waals surface area contributed by atoms with Crippen LogP contribution in [0.2, 0.25) is 0 Å².